The number of hydrogen-bond donors (Lipinski definition) is 1. The monoisotopic (exact) mass is 853 g/mol. The molecule has 9 aromatic rings. The molecular weight excluding hydrogens is 791 g/mol. The Morgan fingerprint density at radius 2 is 1.14 bits per heavy atom. The Balaban J connectivity index is 1.34. The van der Waals surface area contributed by atoms with Crippen LogP contribution >= 0.6 is 0 Å². The zero-order valence-electron chi connectivity index (χ0n) is 42.6. The van der Waals surface area contributed by atoms with Gasteiger partial charge in [0.25, 0.3) is 0 Å². The molecule has 0 fully saturated rings. The molecular formula is C61H59N3O. The number of fused-ring (bicyclic) bond motifs is 1. The number of rotatable bonds is 11. The molecule has 1 N–H and O–H groups in total. The smallest absolute Gasteiger partial charge is 0.149 e. The SMILES string of the molecule is [2H]C([2H])([2H])c1cc(-c2cc(C(C)C)cc(C([2H])(C)C)c2)ccc1-n1c(-c2cc(C(C)C)cc(C(C)C)c2O)nc2c(-c3cc(-c4ccccc4)cc(-c4cc(-c5ccccc5)ccn4)c3)cccc21. The lowest BCUT2D eigenvalue weighted by Gasteiger charge is -2.19. The van der Waals surface area contributed by atoms with Crippen LogP contribution in [-0.4, -0.2) is 19.6 Å². The first-order valence-corrected chi connectivity index (χ1v) is 22.8. The molecule has 7 aromatic carbocycles. The minimum absolute atomic E-state index is 0.00130. The molecule has 2 heterocycles. The van der Waals surface area contributed by atoms with Crippen LogP contribution in [-0.2, 0) is 0 Å². The predicted octanol–water partition coefficient (Wildman–Crippen LogP) is 16.9. The molecule has 0 radical (unpaired) electrons. The summed E-state index contributed by atoms with van der Waals surface area (Å²) < 4.78 is 38.2. The molecule has 65 heavy (non-hydrogen) atoms. The molecule has 0 bridgehead atoms. The number of phenolic OH excluding ortho intramolecular Hbond substituents is 1. The first-order valence-electron chi connectivity index (χ1n) is 24.8. The van der Waals surface area contributed by atoms with E-state index in [1.807, 2.05) is 103 Å². The number of benzene rings is 7. The summed E-state index contributed by atoms with van der Waals surface area (Å²) in [5.41, 5.74) is 15.6. The number of hydrogen-bond acceptors (Lipinski definition) is 3. The molecule has 0 aliphatic rings. The van der Waals surface area contributed by atoms with E-state index in [0.717, 1.165) is 78.0 Å². The second kappa shape index (κ2) is 17.9. The van der Waals surface area contributed by atoms with Gasteiger partial charge >= 0.3 is 0 Å². The molecule has 324 valence electrons. The lowest BCUT2D eigenvalue weighted by Crippen LogP contribution is -2.03. The lowest BCUT2D eigenvalue weighted by atomic mass is 9.90. The van der Waals surface area contributed by atoms with Gasteiger partial charge in [0.05, 0.1) is 28.0 Å². The summed E-state index contributed by atoms with van der Waals surface area (Å²) in [4.78, 5) is 10.4. The number of pyridine rings is 1. The van der Waals surface area contributed by atoms with Crippen molar-refractivity contribution in [3.05, 3.63) is 192 Å². The Morgan fingerprint density at radius 3 is 1.82 bits per heavy atom. The van der Waals surface area contributed by atoms with E-state index in [1.165, 1.54) is 0 Å². The van der Waals surface area contributed by atoms with Gasteiger partial charge in [-0.2, -0.15) is 0 Å². The summed E-state index contributed by atoms with van der Waals surface area (Å²) in [6.45, 7) is 13.9. The second-order valence-electron chi connectivity index (χ2n) is 18.5. The van der Waals surface area contributed by atoms with Crippen molar-refractivity contribution in [1.29, 1.82) is 0 Å². The second-order valence-corrected chi connectivity index (χ2v) is 18.5. The first-order chi connectivity index (χ1) is 32.8. The van der Waals surface area contributed by atoms with E-state index in [0.29, 0.717) is 28.1 Å². The largest absolute Gasteiger partial charge is 0.507 e. The van der Waals surface area contributed by atoms with Crippen LogP contribution in [0.4, 0.5) is 0 Å². The van der Waals surface area contributed by atoms with Crippen LogP contribution < -0.4 is 0 Å². The van der Waals surface area contributed by atoms with E-state index < -0.39 is 12.7 Å². The average Bonchev–Trinajstić information content (AvgIpc) is 3.73. The van der Waals surface area contributed by atoms with Crippen molar-refractivity contribution in [3.63, 3.8) is 0 Å². The summed E-state index contributed by atoms with van der Waals surface area (Å²) >= 11 is 0. The van der Waals surface area contributed by atoms with Gasteiger partial charge < -0.3 is 5.11 Å². The Bertz CT molecular complexity index is 3340. The summed E-state index contributed by atoms with van der Waals surface area (Å²) in [7, 11) is 0. The quantitative estimate of drug-likeness (QED) is 0.141. The molecule has 0 saturated heterocycles. The van der Waals surface area contributed by atoms with Crippen molar-refractivity contribution in [2.45, 2.75) is 85.9 Å². The maximum atomic E-state index is 12.3. The fourth-order valence-electron chi connectivity index (χ4n) is 8.86. The van der Waals surface area contributed by atoms with E-state index in [9.17, 15) is 5.11 Å². The molecule has 0 amide bonds. The number of imidazole rings is 1. The van der Waals surface area contributed by atoms with Crippen molar-refractivity contribution < 1.29 is 10.6 Å². The molecule has 9 rings (SSSR count). The van der Waals surface area contributed by atoms with E-state index in [1.54, 1.807) is 6.07 Å². The molecule has 0 aliphatic heterocycles. The van der Waals surface area contributed by atoms with Gasteiger partial charge in [0, 0.05) is 22.8 Å². The highest BCUT2D eigenvalue weighted by molar-refractivity contribution is 5.98. The van der Waals surface area contributed by atoms with Gasteiger partial charge in [-0.1, -0.05) is 159 Å². The van der Waals surface area contributed by atoms with Crippen LogP contribution in [0.1, 0.15) is 112 Å². The molecule has 0 atom stereocenters. The van der Waals surface area contributed by atoms with Gasteiger partial charge in [-0.05, 0) is 152 Å². The van der Waals surface area contributed by atoms with E-state index in [2.05, 4.69) is 114 Å². The van der Waals surface area contributed by atoms with Crippen molar-refractivity contribution in [1.82, 2.24) is 14.5 Å². The Morgan fingerprint density at radius 1 is 0.508 bits per heavy atom. The molecule has 2 aromatic heterocycles. The molecule has 0 saturated carbocycles. The molecule has 4 nitrogen and oxygen atoms in total. The number of nitrogens with zero attached hydrogens (tertiary/aromatic N) is 3. The fraction of sp³-hybridized carbons (Fsp3) is 0.213. The summed E-state index contributed by atoms with van der Waals surface area (Å²) in [5.74, 6) is 0.0387. The fourth-order valence-corrected chi connectivity index (χ4v) is 8.86. The highest BCUT2D eigenvalue weighted by atomic mass is 16.3. The molecule has 0 aliphatic carbocycles. The number of phenols is 1. The van der Waals surface area contributed by atoms with Crippen molar-refractivity contribution >= 4 is 11.0 Å². The maximum Gasteiger partial charge on any atom is 0.149 e. The van der Waals surface area contributed by atoms with Gasteiger partial charge in [0.15, 0.2) is 0 Å². The van der Waals surface area contributed by atoms with Crippen LogP contribution in [0.25, 0.3) is 83.9 Å². The number of aromatic hydroxyl groups is 1. The van der Waals surface area contributed by atoms with Gasteiger partial charge in [0.1, 0.15) is 11.6 Å². The third kappa shape index (κ3) is 8.54. The third-order valence-corrected chi connectivity index (χ3v) is 12.7. The van der Waals surface area contributed by atoms with Gasteiger partial charge in [-0.15, -0.1) is 0 Å². The average molecular weight is 854 g/mol. The predicted molar refractivity (Wildman–Crippen MR) is 274 cm³/mol. The number of aryl methyl sites for hydroxylation is 1. The number of para-hydroxylation sites is 1. The normalized spacial score (nSPS) is 13.0. The molecule has 4 heteroatoms. The third-order valence-electron chi connectivity index (χ3n) is 12.7. The van der Waals surface area contributed by atoms with Crippen molar-refractivity contribution in [2.24, 2.45) is 0 Å². The minimum Gasteiger partial charge on any atom is -0.507 e. The Hall–Kier alpha value is -7.04. The summed E-state index contributed by atoms with van der Waals surface area (Å²) in [5, 5.41) is 12.3. The van der Waals surface area contributed by atoms with Crippen LogP contribution in [0.3, 0.4) is 0 Å². The van der Waals surface area contributed by atoms with Gasteiger partial charge in [0.2, 0.25) is 0 Å². The van der Waals surface area contributed by atoms with E-state index in [-0.39, 0.29) is 29.1 Å². The van der Waals surface area contributed by atoms with Crippen LogP contribution in [0.15, 0.2) is 164 Å². The molecule has 0 unspecified atom stereocenters. The highest BCUT2D eigenvalue weighted by Crippen LogP contribution is 2.44. The van der Waals surface area contributed by atoms with Crippen molar-refractivity contribution in [3.8, 4) is 78.6 Å². The summed E-state index contributed by atoms with van der Waals surface area (Å²) in [6.07, 6.45) is 1.86. The first kappa shape index (κ1) is 38.4. The van der Waals surface area contributed by atoms with Gasteiger partial charge in [-0.25, -0.2) is 4.98 Å². The lowest BCUT2D eigenvalue weighted by molar-refractivity contribution is 0.466. The molecule has 0 spiro atoms. The van der Waals surface area contributed by atoms with Crippen LogP contribution in [0.5, 0.6) is 5.75 Å². The number of aromatic nitrogens is 3. The summed E-state index contributed by atoms with van der Waals surface area (Å²) in [6, 6.07) is 53.2. The van der Waals surface area contributed by atoms with Crippen molar-refractivity contribution in [2.75, 3.05) is 0 Å². The standard InChI is InChI=1S/C61H59N3O/c1-37(2)46-28-47(38(3)4)30-50(29-46)44-23-24-57(41(9)27-44)64-58-22-16-21-53(59(58)63-61(64)55-35-48(39(5)6)34-54(40(7)8)60(55)65)51-31-49(43-19-14-11-15-20-43)32-52(33-51)56-36-45(25-26-62-56)42-17-12-10-13-18-42/h10-40,65H,1-9H3/i9D3,37D. The Kier molecular flexibility index (Phi) is 10.6. The Labute approximate surface area is 391 Å². The minimum atomic E-state index is -2.55. The maximum absolute atomic E-state index is 12.3. The van der Waals surface area contributed by atoms with E-state index in [4.69, 9.17) is 15.5 Å². The highest BCUT2D eigenvalue weighted by Gasteiger charge is 2.25. The van der Waals surface area contributed by atoms with Crippen LogP contribution in [0, 0.1) is 6.85 Å². The topological polar surface area (TPSA) is 50.9 Å². The van der Waals surface area contributed by atoms with E-state index >= 15 is 0 Å². The zero-order valence-corrected chi connectivity index (χ0v) is 38.6. The zero-order chi connectivity index (χ0) is 48.9. The van der Waals surface area contributed by atoms with Crippen LogP contribution in [0.2, 0.25) is 0 Å². The van der Waals surface area contributed by atoms with Gasteiger partial charge in [-0.3, -0.25) is 9.55 Å².